The molecule has 2 nitrogen and oxygen atoms in total. The number of rotatable bonds is 3. The fraction of sp³-hybridized carbons (Fsp3) is 0.462. The first-order valence-corrected chi connectivity index (χ1v) is 5.38. The molecule has 0 saturated carbocycles. The van der Waals surface area contributed by atoms with Gasteiger partial charge in [0.1, 0.15) is 0 Å². The second kappa shape index (κ2) is 4.96. The zero-order valence-electron chi connectivity index (χ0n) is 9.87. The van der Waals surface area contributed by atoms with Crippen LogP contribution in [0.3, 0.4) is 0 Å². The van der Waals surface area contributed by atoms with Gasteiger partial charge in [0.25, 0.3) is 5.91 Å². The third-order valence-electron chi connectivity index (χ3n) is 2.90. The molecule has 1 aromatic rings. The lowest BCUT2D eigenvalue weighted by Gasteiger charge is -2.16. The molecule has 1 unspecified atom stereocenters. The minimum Gasteiger partial charge on any atom is -0.355 e. The number of carbonyl (C=O) groups excluding carboxylic acids is 1. The summed E-state index contributed by atoms with van der Waals surface area (Å²) < 4.78 is 0. The zero-order chi connectivity index (χ0) is 11.4. The smallest absolute Gasteiger partial charge is 0.251 e. The second-order valence-electron chi connectivity index (χ2n) is 4.24. The topological polar surface area (TPSA) is 29.1 Å². The molecule has 0 heterocycles. The maximum Gasteiger partial charge on any atom is 0.251 e. The van der Waals surface area contributed by atoms with E-state index in [1.807, 2.05) is 18.2 Å². The number of nitrogens with one attached hydrogen (secondary N) is 1. The molecular formula is C13H19NO. The van der Waals surface area contributed by atoms with Crippen LogP contribution >= 0.6 is 0 Å². The summed E-state index contributed by atoms with van der Waals surface area (Å²) in [5.41, 5.74) is 1.97. The Labute approximate surface area is 91.7 Å². The highest BCUT2D eigenvalue weighted by atomic mass is 16.1. The average Bonchev–Trinajstić information content (AvgIpc) is 2.27. The second-order valence-corrected chi connectivity index (χ2v) is 4.24. The van der Waals surface area contributed by atoms with Gasteiger partial charge in [-0.15, -0.1) is 0 Å². The van der Waals surface area contributed by atoms with Crippen LogP contribution in [-0.2, 0) is 0 Å². The van der Waals surface area contributed by atoms with Crippen LogP contribution in [0.1, 0.15) is 42.6 Å². The maximum absolute atomic E-state index is 11.4. The Balaban J connectivity index is 2.97. The lowest BCUT2D eigenvalue weighted by atomic mass is 9.89. The Morgan fingerprint density at radius 1 is 1.27 bits per heavy atom. The molecule has 1 rings (SSSR count). The highest BCUT2D eigenvalue weighted by Crippen LogP contribution is 2.24. The molecule has 82 valence electrons. The van der Waals surface area contributed by atoms with Gasteiger partial charge >= 0.3 is 0 Å². The first-order chi connectivity index (χ1) is 7.06. The Morgan fingerprint density at radius 2 is 1.93 bits per heavy atom. The number of amides is 1. The van der Waals surface area contributed by atoms with Gasteiger partial charge in [-0.25, -0.2) is 0 Å². The van der Waals surface area contributed by atoms with Crippen molar-refractivity contribution in [2.45, 2.75) is 26.7 Å². The van der Waals surface area contributed by atoms with Crippen LogP contribution in [0, 0.1) is 5.92 Å². The molecule has 1 atom stereocenters. The monoisotopic (exact) mass is 205 g/mol. The highest BCUT2D eigenvalue weighted by molar-refractivity contribution is 5.94. The lowest BCUT2D eigenvalue weighted by Crippen LogP contribution is -2.18. The molecule has 15 heavy (non-hydrogen) atoms. The van der Waals surface area contributed by atoms with E-state index in [0.29, 0.717) is 11.8 Å². The largest absolute Gasteiger partial charge is 0.355 e. The van der Waals surface area contributed by atoms with Crippen LogP contribution in [-0.4, -0.2) is 13.0 Å². The molecule has 0 spiro atoms. The first-order valence-electron chi connectivity index (χ1n) is 5.38. The zero-order valence-corrected chi connectivity index (χ0v) is 9.87. The minimum absolute atomic E-state index is 0.0205. The molecule has 1 aromatic carbocycles. The van der Waals surface area contributed by atoms with E-state index < -0.39 is 0 Å². The summed E-state index contributed by atoms with van der Waals surface area (Å²) in [5.74, 6) is 1.05. The fourth-order valence-corrected chi connectivity index (χ4v) is 1.49. The molecular weight excluding hydrogens is 186 g/mol. The van der Waals surface area contributed by atoms with Crippen molar-refractivity contribution >= 4 is 5.91 Å². The standard InChI is InChI=1S/C13H19NO/c1-9(2)10(3)11-6-5-7-12(8-11)13(15)14-4/h5-10H,1-4H3,(H,14,15). The Kier molecular flexibility index (Phi) is 3.89. The number of hydrogen-bond donors (Lipinski definition) is 1. The van der Waals surface area contributed by atoms with Crippen LogP contribution in [0.2, 0.25) is 0 Å². The number of carbonyl (C=O) groups is 1. The Morgan fingerprint density at radius 3 is 2.47 bits per heavy atom. The van der Waals surface area contributed by atoms with Gasteiger partial charge < -0.3 is 5.32 Å². The Hall–Kier alpha value is -1.31. The van der Waals surface area contributed by atoms with E-state index in [1.54, 1.807) is 7.05 Å². The number of hydrogen-bond acceptors (Lipinski definition) is 1. The number of benzene rings is 1. The van der Waals surface area contributed by atoms with Crippen LogP contribution in [0.25, 0.3) is 0 Å². The van der Waals surface area contributed by atoms with Crippen molar-refractivity contribution in [3.63, 3.8) is 0 Å². The molecule has 1 amide bonds. The lowest BCUT2D eigenvalue weighted by molar-refractivity contribution is 0.0963. The predicted molar refractivity (Wildman–Crippen MR) is 63.1 cm³/mol. The van der Waals surface area contributed by atoms with E-state index in [4.69, 9.17) is 0 Å². The SMILES string of the molecule is CNC(=O)c1cccc(C(C)C(C)C)c1. The molecule has 0 aliphatic rings. The van der Waals surface area contributed by atoms with Gasteiger partial charge in [0.05, 0.1) is 0 Å². The molecule has 0 bridgehead atoms. The third-order valence-corrected chi connectivity index (χ3v) is 2.90. The molecule has 0 aromatic heterocycles. The molecule has 1 N–H and O–H groups in total. The van der Waals surface area contributed by atoms with E-state index in [9.17, 15) is 4.79 Å². The normalized spacial score (nSPS) is 12.6. The summed E-state index contributed by atoms with van der Waals surface area (Å²) in [5, 5.41) is 2.64. The van der Waals surface area contributed by atoms with Crippen molar-refractivity contribution in [3.8, 4) is 0 Å². The van der Waals surface area contributed by atoms with Crippen molar-refractivity contribution in [2.75, 3.05) is 7.05 Å². The average molecular weight is 205 g/mol. The van der Waals surface area contributed by atoms with Gasteiger partial charge in [-0.05, 0) is 29.5 Å². The first kappa shape index (κ1) is 11.8. The summed E-state index contributed by atoms with van der Waals surface area (Å²) in [6.45, 7) is 6.57. The summed E-state index contributed by atoms with van der Waals surface area (Å²) in [4.78, 5) is 11.4. The summed E-state index contributed by atoms with van der Waals surface area (Å²) in [7, 11) is 1.65. The van der Waals surface area contributed by atoms with Crippen molar-refractivity contribution in [3.05, 3.63) is 35.4 Å². The molecule has 2 heteroatoms. The van der Waals surface area contributed by atoms with E-state index in [-0.39, 0.29) is 5.91 Å². The third kappa shape index (κ3) is 2.82. The Bertz CT molecular complexity index is 344. The van der Waals surface area contributed by atoms with E-state index in [1.165, 1.54) is 5.56 Å². The van der Waals surface area contributed by atoms with Crippen LogP contribution in [0.4, 0.5) is 0 Å². The van der Waals surface area contributed by atoms with Crippen molar-refractivity contribution in [1.29, 1.82) is 0 Å². The van der Waals surface area contributed by atoms with Crippen LogP contribution < -0.4 is 5.32 Å². The van der Waals surface area contributed by atoms with Gasteiger partial charge in [-0.2, -0.15) is 0 Å². The van der Waals surface area contributed by atoms with Gasteiger partial charge in [0.2, 0.25) is 0 Å². The highest BCUT2D eigenvalue weighted by Gasteiger charge is 2.11. The molecule has 0 aliphatic carbocycles. The summed E-state index contributed by atoms with van der Waals surface area (Å²) in [6.07, 6.45) is 0. The molecule has 0 saturated heterocycles. The van der Waals surface area contributed by atoms with E-state index in [2.05, 4.69) is 32.2 Å². The fourth-order valence-electron chi connectivity index (χ4n) is 1.49. The maximum atomic E-state index is 11.4. The van der Waals surface area contributed by atoms with E-state index >= 15 is 0 Å². The van der Waals surface area contributed by atoms with Gasteiger partial charge in [-0.1, -0.05) is 32.9 Å². The van der Waals surface area contributed by atoms with Crippen molar-refractivity contribution in [1.82, 2.24) is 5.32 Å². The van der Waals surface area contributed by atoms with Gasteiger partial charge in [0.15, 0.2) is 0 Å². The minimum atomic E-state index is -0.0205. The van der Waals surface area contributed by atoms with Crippen LogP contribution in [0.5, 0.6) is 0 Å². The molecule has 0 fully saturated rings. The van der Waals surface area contributed by atoms with Gasteiger partial charge in [-0.3, -0.25) is 4.79 Å². The summed E-state index contributed by atoms with van der Waals surface area (Å²) in [6, 6.07) is 7.84. The van der Waals surface area contributed by atoms with Gasteiger partial charge in [0, 0.05) is 12.6 Å². The molecule has 0 aliphatic heterocycles. The molecule has 0 radical (unpaired) electrons. The van der Waals surface area contributed by atoms with Crippen molar-refractivity contribution in [2.24, 2.45) is 5.92 Å². The van der Waals surface area contributed by atoms with E-state index in [0.717, 1.165) is 5.56 Å². The summed E-state index contributed by atoms with van der Waals surface area (Å²) >= 11 is 0. The van der Waals surface area contributed by atoms with Crippen molar-refractivity contribution < 1.29 is 4.79 Å². The predicted octanol–water partition coefficient (Wildman–Crippen LogP) is 2.81. The quantitative estimate of drug-likeness (QED) is 0.807. The van der Waals surface area contributed by atoms with Crippen LogP contribution in [0.15, 0.2) is 24.3 Å².